The molecule has 1 N–H and O–H groups in total. The van der Waals surface area contributed by atoms with E-state index in [2.05, 4.69) is 20.2 Å². The molecular weight excluding hydrogens is 236 g/mol. The molecule has 1 aromatic rings. The van der Waals surface area contributed by atoms with Crippen LogP contribution in [-0.2, 0) is 6.54 Å². The minimum atomic E-state index is 0.715. The van der Waals surface area contributed by atoms with Crippen molar-refractivity contribution in [3.05, 3.63) is 18.1 Å². The zero-order valence-electron chi connectivity index (χ0n) is 11.8. The van der Waals surface area contributed by atoms with E-state index >= 15 is 0 Å². The Morgan fingerprint density at radius 1 is 1.16 bits per heavy atom. The topological polar surface area (TPSA) is 41.1 Å². The average Bonchev–Trinajstić information content (AvgIpc) is 3.11. The van der Waals surface area contributed by atoms with Gasteiger partial charge in [0.15, 0.2) is 0 Å². The molecule has 4 nitrogen and oxygen atoms in total. The summed E-state index contributed by atoms with van der Waals surface area (Å²) in [5, 5.41) is 3.11. The molecule has 0 bridgehead atoms. The summed E-state index contributed by atoms with van der Waals surface area (Å²) in [5.41, 5.74) is 1.02. The molecule has 0 aromatic carbocycles. The van der Waals surface area contributed by atoms with Crippen LogP contribution in [0, 0.1) is 5.92 Å². The molecule has 2 heterocycles. The summed E-state index contributed by atoms with van der Waals surface area (Å²) in [7, 11) is 1.94. The zero-order chi connectivity index (χ0) is 13.1. The van der Waals surface area contributed by atoms with E-state index in [0.717, 1.165) is 30.5 Å². The van der Waals surface area contributed by atoms with Gasteiger partial charge in [-0.1, -0.05) is 12.8 Å². The monoisotopic (exact) mass is 260 g/mol. The van der Waals surface area contributed by atoms with Gasteiger partial charge in [-0.25, -0.2) is 4.98 Å². The van der Waals surface area contributed by atoms with Crippen molar-refractivity contribution < 1.29 is 0 Å². The molecule has 4 heteroatoms. The molecule has 0 radical (unpaired) electrons. The predicted octanol–water partition coefficient (Wildman–Crippen LogP) is 2.36. The van der Waals surface area contributed by atoms with Gasteiger partial charge in [-0.15, -0.1) is 0 Å². The van der Waals surface area contributed by atoms with Gasteiger partial charge in [0.05, 0.1) is 18.1 Å². The Kier molecular flexibility index (Phi) is 3.97. The van der Waals surface area contributed by atoms with Crippen LogP contribution in [-0.4, -0.2) is 29.6 Å². The first-order valence-electron chi connectivity index (χ1n) is 7.60. The lowest BCUT2D eigenvalue weighted by atomic mass is 9.96. The Bertz CT molecular complexity index is 397. The lowest BCUT2D eigenvalue weighted by molar-refractivity contribution is 0.429. The van der Waals surface area contributed by atoms with Gasteiger partial charge in [0.2, 0.25) is 0 Å². The quantitative estimate of drug-likeness (QED) is 0.902. The van der Waals surface area contributed by atoms with Crippen LogP contribution in [0.25, 0.3) is 0 Å². The molecule has 1 saturated carbocycles. The van der Waals surface area contributed by atoms with Gasteiger partial charge < -0.3 is 10.2 Å². The molecule has 1 aliphatic heterocycles. The summed E-state index contributed by atoms with van der Waals surface area (Å²) in [6.07, 6.45) is 12.2. The molecule has 0 spiro atoms. The van der Waals surface area contributed by atoms with Crippen LogP contribution in [0.3, 0.4) is 0 Å². The first kappa shape index (κ1) is 12.9. The summed E-state index contributed by atoms with van der Waals surface area (Å²) in [6, 6.07) is 0.715. The van der Waals surface area contributed by atoms with E-state index in [9.17, 15) is 0 Å². The van der Waals surface area contributed by atoms with Crippen LogP contribution in [0.1, 0.15) is 44.2 Å². The standard InChI is InChI=1S/C15H24N4/c1-16-9-13-10-18-15(11-17-13)19-8-4-7-14(19)12-5-2-3-6-12/h10-12,14,16H,2-9H2,1H3. The van der Waals surface area contributed by atoms with E-state index in [-0.39, 0.29) is 0 Å². The fourth-order valence-electron chi connectivity index (χ4n) is 3.68. The third-order valence-electron chi connectivity index (χ3n) is 4.59. The number of nitrogens with zero attached hydrogens (tertiary/aromatic N) is 3. The van der Waals surface area contributed by atoms with Crippen molar-refractivity contribution in [1.82, 2.24) is 15.3 Å². The van der Waals surface area contributed by atoms with E-state index in [1.807, 2.05) is 19.4 Å². The first-order chi connectivity index (χ1) is 9.38. The largest absolute Gasteiger partial charge is 0.352 e. The van der Waals surface area contributed by atoms with Crippen molar-refractivity contribution in [3.8, 4) is 0 Å². The van der Waals surface area contributed by atoms with Crippen LogP contribution in [0.5, 0.6) is 0 Å². The van der Waals surface area contributed by atoms with Gasteiger partial charge in [-0.2, -0.15) is 0 Å². The molecular formula is C15H24N4. The normalized spacial score (nSPS) is 24.3. The molecule has 1 aromatic heterocycles. The summed E-state index contributed by atoms with van der Waals surface area (Å²) in [5.74, 6) is 1.97. The highest BCUT2D eigenvalue weighted by Gasteiger charge is 2.33. The Morgan fingerprint density at radius 3 is 2.68 bits per heavy atom. The molecule has 19 heavy (non-hydrogen) atoms. The van der Waals surface area contributed by atoms with Crippen molar-refractivity contribution in [2.24, 2.45) is 5.92 Å². The zero-order valence-corrected chi connectivity index (χ0v) is 11.8. The van der Waals surface area contributed by atoms with Crippen molar-refractivity contribution in [2.75, 3.05) is 18.5 Å². The molecule has 0 amide bonds. The summed E-state index contributed by atoms with van der Waals surface area (Å²) < 4.78 is 0. The number of nitrogens with one attached hydrogen (secondary N) is 1. The Labute approximate surface area is 115 Å². The van der Waals surface area contributed by atoms with Crippen molar-refractivity contribution in [1.29, 1.82) is 0 Å². The number of hydrogen-bond acceptors (Lipinski definition) is 4. The number of anilines is 1. The Hall–Kier alpha value is -1.16. The van der Waals surface area contributed by atoms with Crippen molar-refractivity contribution in [2.45, 2.75) is 51.1 Å². The van der Waals surface area contributed by atoms with Gasteiger partial charge in [0.1, 0.15) is 5.82 Å². The summed E-state index contributed by atoms with van der Waals surface area (Å²) >= 11 is 0. The summed E-state index contributed by atoms with van der Waals surface area (Å²) in [4.78, 5) is 11.6. The highest BCUT2D eigenvalue weighted by molar-refractivity contribution is 5.39. The van der Waals surface area contributed by atoms with E-state index in [1.165, 1.54) is 38.5 Å². The van der Waals surface area contributed by atoms with Gasteiger partial charge in [0.25, 0.3) is 0 Å². The second kappa shape index (κ2) is 5.87. The molecule has 1 saturated heterocycles. The second-order valence-corrected chi connectivity index (χ2v) is 5.84. The number of rotatable bonds is 4. The number of aromatic nitrogens is 2. The number of hydrogen-bond donors (Lipinski definition) is 1. The van der Waals surface area contributed by atoms with Crippen LogP contribution < -0.4 is 10.2 Å². The van der Waals surface area contributed by atoms with Crippen LogP contribution in [0.2, 0.25) is 0 Å². The highest BCUT2D eigenvalue weighted by atomic mass is 15.2. The molecule has 2 fully saturated rings. The maximum atomic E-state index is 4.62. The third kappa shape index (κ3) is 2.73. The molecule has 3 rings (SSSR count). The maximum Gasteiger partial charge on any atom is 0.147 e. The molecule has 1 unspecified atom stereocenters. The predicted molar refractivity (Wildman–Crippen MR) is 77.1 cm³/mol. The van der Waals surface area contributed by atoms with Crippen LogP contribution >= 0.6 is 0 Å². The molecule has 1 aliphatic carbocycles. The van der Waals surface area contributed by atoms with Gasteiger partial charge in [0, 0.05) is 19.1 Å². The minimum Gasteiger partial charge on any atom is -0.352 e. The van der Waals surface area contributed by atoms with Gasteiger partial charge in [-0.3, -0.25) is 4.98 Å². The molecule has 1 atom stereocenters. The van der Waals surface area contributed by atoms with Crippen LogP contribution in [0.4, 0.5) is 5.82 Å². The fraction of sp³-hybridized carbons (Fsp3) is 0.733. The lowest BCUT2D eigenvalue weighted by Gasteiger charge is -2.30. The van der Waals surface area contributed by atoms with Gasteiger partial charge >= 0.3 is 0 Å². The van der Waals surface area contributed by atoms with E-state index in [0.29, 0.717) is 6.04 Å². The molecule has 104 valence electrons. The third-order valence-corrected chi connectivity index (χ3v) is 4.59. The van der Waals surface area contributed by atoms with Gasteiger partial charge in [-0.05, 0) is 38.6 Å². The second-order valence-electron chi connectivity index (χ2n) is 5.84. The van der Waals surface area contributed by atoms with E-state index < -0.39 is 0 Å². The van der Waals surface area contributed by atoms with E-state index in [1.54, 1.807) is 0 Å². The first-order valence-corrected chi connectivity index (χ1v) is 7.60. The SMILES string of the molecule is CNCc1cnc(N2CCCC2C2CCCC2)cn1. The molecule has 2 aliphatic rings. The van der Waals surface area contributed by atoms with Crippen molar-refractivity contribution >= 4 is 5.82 Å². The average molecular weight is 260 g/mol. The smallest absolute Gasteiger partial charge is 0.147 e. The summed E-state index contributed by atoms with van der Waals surface area (Å²) in [6.45, 7) is 1.94. The maximum absolute atomic E-state index is 4.62. The lowest BCUT2D eigenvalue weighted by Crippen LogP contribution is -2.35. The Balaban J connectivity index is 1.72. The highest BCUT2D eigenvalue weighted by Crippen LogP contribution is 2.36. The fourth-order valence-corrected chi connectivity index (χ4v) is 3.68. The minimum absolute atomic E-state index is 0.715. The van der Waals surface area contributed by atoms with Crippen LogP contribution in [0.15, 0.2) is 12.4 Å². The Morgan fingerprint density at radius 2 is 2.00 bits per heavy atom. The van der Waals surface area contributed by atoms with Crippen molar-refractivity contribution in [3.63, 3.8) is 0 Å². The van der Waals surface area contributed by atoms with E-state index in [4.69, 9.17) is 0 Å².